The zero-order valence-corrected chi connectivity index (χ0v) is 10.6. The van der Waals surface area contributed by atoms with Gasteiger partial charge in [-0.2, -0.15) is 5.10 Å². The van der Waals surface area contributed by atoms with Gasteiger partial charge in [0.1, 0.15) is 0 Å². The lowest BCUT2D eigenvalue weighted by Crippen LogP contribution is -1.98. The Morgan fingerprint density at radius 3 is 2.87 bits per heavy atom. The van der Waals surface area contributed by atoms with Gasteiger partial charge in [0.15, 0.2) is 0 Å². The molecular weight excluding hydrogens is 275 g/mol. The second-order valence-electron chi connectivity index (χ2n) is 3.28. The summed E-state index contributed by atoms with van der Waals surface area (Å²) < 4.78 is 1.89. The second-order valence-corrected chi connectivity index (χ2v) is 4.28. The van der Waals surface area contributed by atoms with Crippen LogP contribution in [0.1, 0.15) is 11.3 Å². The highest BCUT2D eigenvalue weighted by Crippen LogP contribution is 2.18. The van der Waals surface area contributed by atoms with Gasteiger partial charge in [-0.3, -0.25) is 0 Å². The zero-order valence-electron chi connectivity index (χ0n) is 8.24. The van der Waals surface area contributed by atoms with E-state index in [2.05, 4.69) is 21.0 Å². The second kappa shape index (κ2) is 4.37. The first kappa shape index (κ1) is 10.7. The van der Waals surface area contributed by atoms with Gasteiger partial charge in [0.05, 0.1) is 11.9 Å². The molecule has 0 bridgehead atoms. The minimum Gasteiger partial charge on any atom is -0.238 e. The van der Waals surface area contributed by atoms with Crippen molar-refractivity contribution in [2.75, 3.05) is 0 Å². The van der Waals surface area contributed by atoms with Gasteiger partial charge in [-0.1, -0.05) is 33.6 Å². The predicted octanol–water partition coefficient (Wildman–Crippen LogP) is 3.73. The maximum Gasteiger partial charge on any atom is 0.0663 e. The lowest BCUT2D eigenvalue weighted by atomic mass is 10.3. The highest BCUT2D eigenvalue weighted by molar-refractivity contribution is 9.08. The fourth-order valence-electron chi connectivity index (χ4n) is 1.44. The van der Waals surface area contributed by atoms with Crippen molar-refractivity contribution >= 4 is 27.5 Å². The van der Waals surface area contributed by atoms with Crippen LogP contribution in [0.3, 0.4) is 0 Å². The molecule has 2 nitrogen and oxygen atoms in total. The summed E-state index contributed by atoms with van der Waals surface area (Å²) >= 11 is 9.37. The summed E-state index contributed by atoms with van der Waals surface area (Å²) in [4.78, 5) is 0. The van der Waals surface area contributed by atoms with Crippen molar-refractivity contribution in [3.05, 3.63) is 46.7 Å². The third-order valence-corrected chi connectivity index (χ3v) is 3.15. The van der Waals surface area contributed by atoms with Crippen molar-refractivity contribution in [1.29, 1.82) is 0 Å². The molecule has 1 heterocycles. The first-order chi connectivity index (χ1) is 7.22. The normalized spacial score (nSPS) is 10.6. The van der Waals surface area contributed by atoms with Crippen LogP contribution in [0.15, 0.2) is 30.5 Å². The fourth-order valence-corrected chi connectivity index (χ4v) is 2.18. The Balaban J connectivity index is 2.49. The molecule has 0 atom stereocenters. The summed E-state index contributed by atoms with van der Waals surface area (Å²) in [5, 5.41) is 5.87. The van der Waals surface area contributed by atoms with Gasteiger partial charge in [-0.15, -0.1) is 0 Å². The van der Waals surface area contributed by atoms with Crippen LogP contribution in [-0.2, 0) is 5.33 Å². The van der Waals surface area contributed by atoms with Crippen LogP contribution in [0.25, 0.3) is 5.69 Å². The maximum absolute atomic E-state index is 5.94. The molecule has 0 unspecified atom stereocenters. The lowest BCUT2D eigenvalue weighted by Gasteiger charge is -2.04. The summed E-state index contributed by atoms with van der Waals surface area (Å²) in [6.45, 7) is 2.05. The van der Waals surface area contributed by atoms with Gasteiger partial charge < -0.3 is 0 Å². The van der Waals surface area contributed by atoms with Crippen molar-refractivity contribution in [2.24, 2.45) is 0 Å². The molecule has 1 aromatic carbocycles. The Morgan fingerprint density at radius 2 is 2.27 bits per heavy atom. The molecule has 78 valence electrons. The Kier molecular flexibility index (Phi) is 3.12. The van der Waals surface area contributed by atoms with Gasteiger partial charge in [0, 0.05) is 21.6 Å². The summed E-state index contributed by atoms with van der Waals surface area (Å²) in [6.07, 6.45) is 1.87. The predicted molar refractivity (Wildman–Crippen MR) is 65.9 cm³/mol. The van der Waals surface area contributed by atoms with Gasteiger partial charge in [0.25, 0.3) is 0 Å². The number of aromatic nitrogens is 2. The molecule has 0 amide bonds. The van der Waals surface area contributed by atoms with Crippen LogP contribution in [0.5, 0.6) is 0 Å². The Morgan fingerprint density at radius 1 is 1.47 bits per heavy atom. The molecule has 0 spiro atoms. The average Bonchev–Trinajstić information content (AvgIpc) is 2.59. The molecule has 2 rings (SSSR count). The van der Waals surface area contributed by atoms with Crippen molar-refractivity contribution in [1.82, 2.24) is 9.78 Å². The topological polar surface area (TPSA) is 17.8 Å². The summed E-state index contributed by atoms with van der Waals surface area (Å²) in [7, 11) is 0. The van der Waals surface area contributed by atoms with Crippen LogP contribution in [-0.4, -0.2) is 9.78 Å². The lowest BCUT2D eigenvalue weighted by molar-refractivity contribution is 0.846. The first-order valence-corrected chi connectivity index (χ1v) is 6.07. The van der Waals surface area contributed by atoms with Gasteiger partial charge in [0.2, 0.25) is 0 Å². The first-order valence-electron chi connectivity index (χ1n) is 4.58. The average molecular weight is 286 g/mol. The van der Waals surface area contributed by atoms with Gasteiger partial charge >= 0.3 is 0 Å². The molecule has 0 saturated carbocycles. The largest absolute Gasteiger partial charge is 0.238 e. The molecule has 0 N–H and O–H groups in total. The smallest absolute Gasteiger partial charge is 0.0663 e. The van der Waals surface area contributed by atoms with Crippen LogP contribution >= 0.6 is 27.5 Å². The number of rotatable bonds is 2. The van der Waals surface area contributed by atoms with Gasteiger partial charge in [-0.25, -0.2) is 4.68 Å². The summed E-state index contributed by atoms with van der Waals surface area (Å²) in [5.41, 5.74) is 3.32. The number of hydrogen-bond donors (Lipinski definition) is 0. The van der Waals surface area contributed by atoms with E-state index < -0.39 is 0 Å². The molecule has 4 heteroatoms. The SMILES string of the molecule is Cc1c(CBr)cnn1-c1cccc(Cl)c1. The Hall–Kier alpha value is -0.800. The van der Waals surface area contributed by atoms with Crippen LogP contribution in [0.4, 0.5) is 0 Å². The van der Waals surface area contributed by atoms with E-state index in [1.54, 1.807) is 0 Å². The van der Waals surface area contributed by atoms with E-state index >= 15 is 0 Å². The van der Waals surface area contributed by atoms with Crippen LogP contribution in [0, 0.1) is 6.92 Å². The highest BCUT2D eigenvalue weighted by Gasteiger charge is 2.06. The third-order valence-electron chi connectivity index (χ3n) is 2.31. The molecule has 0 saturated heterocycles. The van der Waals surface area contributed by atoms with Crippen LogP contribution < -0.4 is 0 Å². The highest BCUT2D eigenvalue weighted by atomic mass is 79.9. The fraction of sp³-hybridized carbons (Fsp3) is 0.182. The van der Waals surface area contributed by atoms with E-state index in [9.17, 15) is 0 Å². The maximum atomic E-state index is 5.94. The van der Waals surface area contributed by atoms with E-state index in [4.69, 9.17) is 11.6 Å². The molecule has 0 aliphatic heterocycles. The molecule has 0 radical (unpaired) electrons. The van der Waals surface area contributed by atoms with E-state index in [1.807, 2.05) is 42.1 Å². The van der Waals surface area contributed by atoms with E-state index in [0.29, 0.717) is 0 Å². The third kappa shape index (κ3) is 2.08. The van der Waals surface area contributed by atoms with Crippen molar-refractivity contribution in [2.45, 2.75) is 12.3 Å². The molecular formula is C11H10BrClN2. The summed E-state index contributed by atoms with van der Waals surface area (Å²) in [5.74, 6) is 0. The molecule has 15 heavy (non-hydrogen) atoms. The van der Waals surface area contributed by atoms with Crippen molar-refractivity contribution in [3.63, 3.8) is 0 Å². The molecule has 1 aromatic heterocycles. The van der Waals surface area contributed by atoms with E-state index in [-0.39, 0.29) is 0 Å². The minimum atomic E-state index is 0.725. The zero-order chi connectivity index (χ0) is 10.8. The number of alkyl halides is 1. The van der Waals surface area contributed by atoms with E-state index in [0.717, 1.165) is 21.7 Å². The molecule has 0 fully saturated rings. The van der Waals surface area contributed by atoms with Gasteiger partial charge in [-0.05, 0) is 25.1 Å². The number of halogens is 2. The number of benzene rings is 1. The number of hydrogen-bond acceptors (Lipinski definition) is 1. The molecule has 0 aliphatic carbocycles. The standard InChI is InChI=1S/C11H10BrClN2/c1-8-9(6-12)7-14-15(8)11-4-2-3-10(13)5-11/h2-5,7H,6H2,1H3. The van der Waals surface area contributed by atoms with Crippen LogP contribution in [0.2, 0.25) is 5.02 Å². The Labute approximate surface area is 102 Å². The van der Waals surface area contributed by atoms with Crippen molar-refractivity contribution in [3.8, 4) is 5.69 Å². The molecule has 0 aliphatic rings. The monoisotopic (exact) mass is 284 g/mol. The summed E-state index contributed by atoms with van der Waals surface area (Å²) in [6, 6.07) is 7.67. The minimum absolute atomic E-state index is 0.725. The quantitative estimate of drug-likeness (QED) is 0.769. The van der Waals surface area contributed by atoms with Crippen molar-refractivity contribution < 1.29 is 0 Å². The van der Waals surface area contributed by atoms with E-state index in [1.165, 1.54) is 5.56 Å². The number of nitrogens with zero attached hydrogens (tertiary/aromatic N) is 2. The molecule has 2 aromatic rings. The Bertz CT molecular complexity index is 479.